The SMILES string of the molecule is CC(C)=CCCC(C)=CCCC(C)=CBr. The standard InChI is InChI=1S/C14H23Br/c1-12(2)7-5-8-13(3)9-6-10-14(4)11-15/h7,9,11H,5-6,8,10H2,1-4H3. The largest absolute Gasteiger partial charge is 0.0856 e. The minimum Gasteiger partial charge on any atom is -0.0856 e. The highest BCUT2D eigenvalue weighted by atomic mass is 79.9. The molecule has 0 N–H and O–H groups in total. The first-order chi connectivity index (χ1) is 7.06. The molecule has 0 aliphatic heterocycles. The third-order valence-electron chi connectivity index (χ3n) is 2.31. The Morgan fingerprint density at radius 3 is 1.93 bits per heavy atom. The second-order valence-electron chi connectivity index (χ2n) is 4.36. The molecule has 15 heavy (non-hydrogen) atoms. The Balaban J connectivity index is 3.75. The van der Waals surface area contributed by atoms with E-state index in [-0.39, 0.29) is 0 Å². The lowest BCUT2D eigenvalue weighted by atomic mass is 10.1. The van der Waals surface area contributed by atoms with Gasteiger partial charge in [-0.3, -0.25) is 0 Å². The maximum atomic E-state index is 3.35. The molecule has 0 saturated heterocycles. The van der Waals surface area contributed by atoms with Crippen molar-refractivity contribution in [2.75, 3.05) is 0 Å². The van der Waals surface area contributed by atoms with Crippen molar-refractivity contribution in [3.63, 3.8) is 0 Å². The number of rotatable bonds is 6. The molecule has 0 atom stereocenters. The van der Waals surface area contributed by atoms with Gasteiger partial charge in [-0.2, -0.15) is 0 Å². The van der Waals surface area contributed by atoms with Crippen LogP contribution in [0.2, 0.25) is 0 Å². The number of hydrogen-bond donors (Lipinski definition) is 0. The van der Waals surface area contributed by atoms with E-state index >= 15 is 0 Å². The molecule has 0 aliphatic carbocycles. The van der Waals surface area contributed by atoms with Crippen molar-refractivity contribution >= 4 is 15.9 Å². The second kappa shape index (κ2) is 8.96. The molecule has 0 aliphatic rings. The van der Waals surface area contributed by atoms with Crippen LogP contribution >= 0.6 is 15.9 Å². The van der Waals surface area contributed by atoms with Crippen molar-refractivity contribution in [3.05, 3.63) is 33.9 Å². The van der Waals surface area contributed by atoms with Crippen LogP contribution in [-0.2, 0) is 0 Å². The first-order valence-corrected chi connectivity index (χ1v) is 6.52. The summed E-state index contributed by atoms with van der Waals surface area (Å²) in [6, 6.07) is 0. The Morgan fingerprint density at radius 2 is 1.40 bits per heavy atom. The molecule has 0 unspecified atom stereocenters. The lowest BCUT2D eigenvalue weighted by molar-refractivity contribution is 0.920. The Bertz CT molecular complexity index is 253. The molecule has 0 heterocycles. The van der Waals surface area contributed by atoms with Crippen molar-refractivity contribution in [2.45, 2.75) is 53.4 Å². The molecule has 0 radical (unpaired) electrons. The van der Waals surface area contributed by atoms with Gasteiger partial charge in [-0.25, -0.2) is 0 Å². The smallest absolute Gasteiger partial charge is 0.0200 e. The Labute approximate surface area is 103 Å². The highest BCUT2D eigenvalue weighted by Crippen LogP contribution is 2.11. The molecule has 0 spiro atoms. The normalized spacial score (nSPS) is 12.9. The fraction of sp³-hybridized carbons (Fsp3) is 0.571. The third kappa shape index (κ3) is 9.99. The van der Waals surface area contributed by atoms with Gasteiger partial charge in [0.2, 0.25) is 0 Å². The van der Waals surface area contributed by atoms with E-state index in [1.807, 2.05) is 4.99 Å². The molecule has 0 fully saturated rings. The third-order valence-corrected chi connectivity index (χ3v) is 3.09. The van der Waals surface area contributed by atoms with Crippen LogP contribution in [0.1, 0.15) is 53.4 Å². The zero-order valence-electron chi connectivity index (χ0n) is 10.4. The molecule has 0 aromatic carbocycles. The van der Waals surface area contributed by atoms with Crippen molar-refractivity contribution in [1.82, 2.24) is 0 Å². The predicted molar refractivity (Wildman–Crippen MR) is 74.3 cm³/mol. The quantitative estimate of drug-likeness (QED) is 0.539. The van der Waals surface area contributed by atoms with E-state index in [4.69, 9.17) is 0 Å². The minimum absolute atomic E-state index is 1.16. The first-order valence-electron chi connectivity index (χ1n) is 5.61. The Kier molecular flexibility index (Phi) is 8.79. The van der Waals surface area contributed by atoms with Gasteiger partial charge < -0.3 is 0 Å². The van der Waals surface area contributed by atoms with Gasteiger partial charge >= 0.3 is 0 Å². The summed E-state index contributed by atoms with van der Waals surface area (Å²) in [6.45, 7) is 8.69. The van der Waals surface area contributed by atoms with E-state index in [2.05, 4.69) is 55.8 Å². The van der Waals surface area contributed by atoms with Gasteiger partial charge in [0.1, 0.15) is 0 Å². The zero-order chi connectivity index (χ0) is 11.7. The van der Waals surface area contributed by atoms with Crippen LogP contribution in [0.15, 0.2) is 33.9 Å². The van der Waals surface area contributed by atoms with Crippen LogP contribution in [0.25, 0.3) is 0 Å². The van der Waals surface area contributed by atoms with Gasteiger partial charge in [0.05, 0.1) is 0 Å². The Hall–Kier alpha value is -0.300. The summed E-state index contributed by atoms with van der Waals surface area (Å²) in [5, 5.41) is 0. The fourth-order valence-corrected chi connectivity index (χ4v) is 1.52. The molecule has 86 valence electrons. The van der Waals surface area contributed by atoms with Crippen LogP contribution in [0.3, 0.4) is 0 Å². The lowest BCUT2D eigenvalue weighted by Gasteiger charge is -2.00. The fourth-order valence-electron chi connectivity index (χ4n) is 1.29. The summed E-state index contributed by atoms with van der Waals surface area (Å²) < 4.78 is 0. The highest BCUT2D eigenvalue weighted by Gasteiger charge is 1.90. The van der Waals surface area contributed by atoms with Crippen LogP contribution in [0, 0.1) is 0 Å². The van der Waals surface area contributed by atoms with Gasteiger partial charge in [0.15, 0.2) is 0 Å². The summed E-state index contributed by atoms with van der Waals surface area (Å²) in [7, 11) is 0. The topological polar surface area (TPSA) is 0 Å². The Morgan fingerprint density at radius 1 is 0.867 bits per heavy atom. The highest BCUT2D eigenvalue weighted by molar-refractivity contribution is 9.11. The van der Waals surface area contributed by atoms with Gasteiger partial charge in [0, 0.05) is 0 Å². The van der Waals surface area contributed by atoms with Gasteiger partial charge in [-0.05, 0) is 58.4 Å². The molecule has 0 aromatic rings. The van der Waals surface area contributed by atoms with Crippen molar-refractivity contribution in [1.29, 1.82) is 0 Å². The summed E-state index contributed by atoms with van der Waals surface area (Å²) in [4.78, 5) is 2.01. The van der Waals surface area contributed by atoms with E-state index in [9.17, 15) is 0 Å². The molecule has 0 saturated carbocycles. The van der Waals surface area contributed by atoms with Crippen LogP contribution in [-0.4, -0.2) is 0 Å². The number of allylic oxidation sites excluding steroid dienone is 5. The van der Waals surface area contributed by atoms with E-state index in [1.54, 1.807) is 0 Å². The number of hydrogen-bond acceptors (Lipinski definition) is 0. The van der Waals surface area contributed by atoms with Crippen LogP contribution < -0.4 is 0 Å². The lowest BCUT2D eigenvalue weighted by Crippen LogP contribution is -1.79. The molecule has 0 amide bonds. The molecule has 0 nitrogen and oxygen atoms in total. The van der Waals surface area contributed by atoms with Gasteiger partial charge in [-0.1, -0.05) is 44.8 Å². The van der Waals surface area contributed by atoms with E-state index < -0.39 is 0 Å². The van der Waals surface area contributed by atoms with Crippen molar-refractivity contribution in [2.24, 2.45) is 0 Å². The average Bonchev–Trinajstić information content (AvgIpc) is 2.17. The first kappa shape index (κ1) is 14.7. The molecule has 0 rings (SSSR count). The average molecular weight is 271 g/mol. The maximum Gasteiger partial charge on any atom is -0.0200 e. The maximum absolute atomic E-state index is 3.35. The summed E-state index contributed by atoms with van der Waals surface area (Å²) in [5.41, 5.74) is 4.33. The molecular formula is C14H23Br. The monoisotopic (exact) mass is 270 g/mol. The second-order valence-corrected chi connectivity index (χ2v) is 4.82. The van der Waals surface area contributed by atoms with E-state index in [0.29, 0.717) is 0 Å². The predicted octanol–water partition coefficient (Wildman–Crippen LogP) is 5.76. The summed E-state index contributed by atoms with van der Waals surface area (Å²) in [6.07, 6.45) is 9.36. The minimum atomic E-state index is 1.16. The van der Waals surface area contributed by atoms with Crippen molar-refractivity contribution < 1.29 is 0 Å². The van der Waals surface area contributed by atoms with Gasteiger partial charge in [0.25, 0.3) is 0 Å². The summed E-state index contributed by atoms with van der Waals surface area (Å²) in [5.74, 6) is 0. The zero-order valence-corrected chi connectivity index (χ0v) is 12.0. The van der Waals surface area contributed by atoms with Crippen LogP contribution in [0.4, 0.5) is 0 Å². The summed E-state index contributed by atoms with van der Waals surface area (Å²) >= 11 is 3.35. The van der Waals surface area contributed by atoms with Crippen LogP contribution in [0.5, 0.6) is 0 Å². The molecular weight excluding hydrogens is 248 g/mol. The molecule has 1 heteroatoms. The van der Waals surface area contributed by atoms with E-state index in [0.717, 1.165) is 12.8 Å². The van der Waals surface area contributed by atoms with E-state index in [1.165, 1.54) is 29.6 Å². The molecule has 0 aromatic heterocycles. The van der Waals surface area contributed by atoms with Crippen molar-refractivity contribution in [3.8, 4) is 0 Å². The molecule has 0 bridgehead atoms. The number of halogens is 1. The van der Waals surface area contributed by atoms with Gasteiger partial charge in [-0.15, -0.1) is 0 Å².